The highest BCUT2D eigenvalue weighted by Crippen LogP contribution is 2.00. The van der Waals surface area contributed by atoms with Crippen molar-refractivity contribution in [2.75, 3.05) is 13.1 Å². The molecule has 1 rings (SSSR count). The monoisotopic (exact) mass is 246 g/mol. The first-order chi connectivity index (χ1) is 8.83. The van der Waals surface area contributed by atoms with Gasteiger partial charge in [0.2, 0.25) is 5.91 Å². The second-order valence-corrected chi connectivity index (χ2v) is 4.24. The average Bonchev–Trinajstić information content (AvgIpc) is 2.41. The van der Waals surface area contributed by atoms with Crippen molar-refractivity contribution >= 4 is 12.0 Å². The van der Waals surface area contributed by atoms with Gasteiger partial charge in [-0.1, -0.05) is 43.2 Å². The molecule has 0 aliphatic rings. The molecule has 3 heteroatoms. The number of amides is 1. The van der Waals surface area contributed by atoms with Gasteiger partial charge in [-0.2, -0.15) is 0 Å². The minimum absolute atomic E-state index is 0.0299. The van der Waals surface area contributed by atoms with Gasteiger partial charge in [0.05, 0.1) is 0 Å². The third kappa shape index (κ3) is 6.86. The third-order valence-electron chi connectivity index (χ3n) is 2.66. The number of carbonyl (C=O) groups excluding carboxylic acids is 1. The van der Waals surface area contributed by atoms with Crippen LogP contribution in [0.4, 0.5) is 0 Å². The maximum absolute atomic E-state index is 11.5. The van der Waals surface area contributed by atoms with E-state index in [9.17, 15) is 4.79 Å². The van der Waals surface area contributed by atoms with Crippen LogP contribution in [0.3, 0.4) is 0 Å². The van der Waals surface area contributed by atoms with E-state index in [1.54, 1.807) is 6.08 Å². The van der Waals surface area contributed by atoms with E-state index in [0.29, 0.717) is 0 Å². The lowest BCUT2D eigenvalue weighted by Gasteiger charge is -2.01. The standard InChI is InChI=1S/C15H22N2O/c16-12-6-1-2-7-13-17-15(18)11-10-14-8-4-3-5-9-14/h3-5,8-11H,1-2,6-7,12-13,16H2,(H,17,18). The van der Waals surface area contributed by atoms with Gasteiger partial charge in [-0.3, -0.25) is 4.79 Å². The van der Waals surface area contributed by atoms with Crippen LogP contribution >= 0.6 is 0 Å². The molecular weight excluding hydrogens is 224 g/mol. The lowest BCUT2D eigenvalue weighted by Crippen LogP contribution is -2.22. The van der Waals surface area contributed by atoms with Crippen LogP contribution in [-0.4, -0.2) is 19.0 Å². The quantitative estimate of drug-likeness (QED) is 0.546. The minimum Gasteiger partial charge on any atom is -0.353 e. The fourth-order valence-electron chi connectivity index (χ4n) is 1.63. The number of unbranched alkanes of at least 4 members (excludes halogenated alkanes) is 3. The number of hydrogen-bond donors (Lipinski definition) is 2. The van der Waals surface area contributed by atoms with Gasteiger partial charge in [-0.15, -0.1) is 0 Å². The predicted molar refractivity (Wildman–Crippen MR) is 76.0 cm³/mol. The molecule has 1 amide bonds. The summed E-state index contributed by atoms with van der Waals surface area (Å²) >= 11 is 0. The molecule has 18 heavy (non-hydrogen) atoms. The topological polar surface area (TPSA) is 55.1 Å². The lowest BCUT2D eigenvalue weighted by atomic mass is 10.2. The molecule has 0 radical (unpaired) electrons. The summed E-state index contributed by atoms with van der Waals surface area (Å²) in [6.45, 7) is 1.49. The Morgan fingerprint density at radius 3 is 2.56 bits per heavy atom. The van der Waals surface area contributed by atoms with Crippen molar-refractivity contribution in [1.82, 2.24) is 5.32 Å². The number of nitrogens with one attached hydrogen (secondary N) is 1. The summed E-state index contributed by atoms with van der Waals surface area (Å²) in [4.78, 5) is 11.5. The summed E-state index contributed by atoms with van der Waals surface area (Å²) in [7, 11) is 0. The van der Waals surface area contributed by atoms with Crippen LogP contribution < -0.4 is 11.1 Å². The van der Waals surface area contributed by atoms with Crippen LogP contribution in [0.2, 0.25) is 0 Å². The van der Waals surface area contributed by atoms with Gasteiger partial charge in [0, 0.05) is 12.6 Å². The summed E-state index contributed by atoms with van der Waals surface area (Å²) < 4.78 is 0. The molecule has 0 saturated carbocycles. The first-order valence-corrected chi connectivity index (χ1v) is 6.54. The van der Waals surface area contributed by atoms with Gasteiger partial charge in [-0.25, -0.2) is 0 Å². The summed E-state index contributed by atoms with van der Waals surface area (Å²) in [5.74, 6) is -0.0299. The fraction of sp³-hybridized carbons (Fsp3) is 0.400. The molecule has 0 heterocycles. The highest BCUT2D eigenvalue weighted by molar-refractivity contribution is 5.91. The second-order valence-electron chi connectivity index (χ2n) is 4.24. The van der Waals surface area contributed by atoms with Crippen LogP contribution in [0, 0.1) is 0 Å². The Labute approximate surface area is 109 Å². The molecule has 98 valence electrons. The summed E-state index contributed by atoms with van der Waals surface area (Å²) in [5, 5.41) is 2.87. The molecule has 0 bridgehead atoms. The van der Waals surface area contributed by atoms with Gasteiger partial charge in [0.25, 0.3) is 0 Å². The van der Waals surface area contributed by atoms with Crippen molar-refractivity contribution in [3.63, 3.8) is 0 Å². The van der Waals surface area contributed by atoms with E-state index in [-0.39, 0.29) is 5.91 Å². The van der Waals surface area contributed by atoms with Gasteiger partial charge in [-0.05, 0) is 31.0 Å². The molecule has 0 unspecified atom stereocenters. The molecule has 0 aliphatic heterocycles. The van der Waals surface area contributed by atoms with Gasteiger partial charge < -0.3 is 11.1 Å². The lowest BCUT2D eigenvalue weighted by molar-refractivity contribution is -0.116. The largest absolute Gasteiger partial charge is 0.353 e. The van der Waals surface area contributed by atoms with E-state index in [2.05, 4.69) is 5.32 Å². The first-order valence-electron chi connectivity index (χ1n) is 6.54. The molecule has 0 aliphatic carbocycles. The van der Waals surface area contributed by atoms with Crippen molar-refractivity contribution in [2.24, 2.45) is 5.73 Å². The van der Waals surface area contributed by atoms with Crippen molar-refractivity contribution < 1.29 is 4.79 Å². The molecule has 0 fully saturated rings. The zero-order valence-electron chi connectivity index (χ0n) is 10.8. The van der Waals surface area contributed by atoms with Crippen LogP contribution in [0.25, 0.3) is 6.08 Å². The number of hydrogen-bond acceptors (Lipinski definition) is 2. The van der Waals surface area contributed by atoms with Crippen molar-refractivity contribution in [2.45, 2.75) is 25.7 Å². The Hall–Kier alpha value is -1.61. The maximum atomic E-state index is 11.5. The molecule has 0 spiro atoms. The van der Waals surface area contributed by atoms with E-state index in [0.717, 1.165) is 44.3 Å². The zero-order chi connectivity index (χ0) is 13.1. The highest BCUT2D eigenvalue weighted by atomic mass is 16.1. The maximum Gasteiger partial charge on any atom is 0.243 e. The Morgan fingerprint density at radius 1 is 1.11 bits per heavy atom. The van der Waals surface area contributed by atoms with Crippen LogP contribution in [-0.2, 0) is 4.79 Å². The predicted octanol–water partition coefficient (Wildman–Crippen LogP) is 2.34. The molecule has 1 aromatic rings. The Kier molecular flexibility index (Phi) is 7.57. The second kappa shape index (κ2) is 9.42. The fourth-order valence-corrected chi connectivity index (χ4v) is 1.63. The minimum atomic E-state index is -0.0299. The molecular formula is C15H22N2O. The summed E-state index contributed by atoms with van der Waals surface area (Å²) in [6.07, 6.45) is 7.76. The molecule has 1 aromatic carbocycles. The highest BCUT2D eigenvalue weighted by Gasteiger charge is 1.94. The van der Waals surface area contributed by atoms with E-state index in [1.807, 2.05) is 36.4 Å². The molecule has 0 aromatic heterocycles. The van der Waals surface area contributed by atoms with Gasteiger partial charge >= 0.3 is 0 Å². The molecule has 3 nitrogen and oxygen atoms in total. The SMILES string of the molecule is NCCCCCCNC(=O)C=Cc1ccccc1. The van der Waals surface area contributed by atoms with E-state index >= 15 is 0 Å². The van der Waals surface area contributed by atoms with Crippen LogP contribution in [0.1, 0.15) is 31.2 Å². The molecule has 3 N–H and O–H groups in total. The molecule has 0 atom stereocenters. The molecule has 0 saturated heterocycles. The Balaban J connectivity index is 2.12. The summed E-state index contributed by atoms with van der Waals surface area (Å²) in [6, 6.07) is 9.80. The summed E-state index contributed by atoms with van der Waals surface area (Å²) in [5.41, 5.74) is 6.45. The average molecular weight is 246 g/mol. The number of nitrogens with two attached hydrogens (primary N) is 1. The smallest absolute Gasteiger partial charge is 0.243 e. The van der Waals surface area contributed by atoms with Gasteiger partial charge in [0.1, 0.15) is 0 Å². The van der Waals surface area contributed by atoms with Gasteiger partial charge in [0.15, 0.2) is 0 Å². The van der Waals surface area contributed by atoms with E-state index in [1.165, 1.54) is 0 Å². The third-order valence-corrected chi connectivity index (χ3v) is 2.66. The Morgan fingerprint density at radius 2 is 1.83 bits per heavy atom. The Bertz CT molecular complexity index is 360. The van der Waals surface area contributed by atoms with Crippen molar-refractivity contribution in [1.29, 1.82) is 0 Å². The van der Waals surface area contributed by atoms with E-state index in [4.69, 9.17) is 5.73 Å². The zero-order valence-corrected chi connectivity index (χ0v) is 10.8. The van der Waals surface area contributed by atoms with Crippen LogP contribution in [0.5, 0.6) is 0 Å². The number of rotatable bonds is 8. The number of carbonyl (C=O) groups is 1. The van der Waals surface area contributed by atoms with Crippen LogP contribution in [0.15, 0.2) is 36.4 Å². The first kappa shape index (κ1) is 14.5. The van der Waals surface area contributed by atoms with Crippen molar-refractivity contribution in [3.8, 4) is 0 Å². The number of benzene rings is 1. The normalized spacial score (nSPS) is 10.7. The van der Waals surface area contributed by atoms with E-state index < -0.39 is 0 Å². The van der Waals surface area contributed by atoms with Crippen molar-refractivity contribution in [3.05, 3.63) is 42.0 Å².